The fourth-order valence-corrected chi connectivity index (χ4v) is 2.06. The van der Waals surface area contributed by atoms with E-state index in [9.17, 15) is 14.7 Å². The topological polar surface area (TPSA) is 111 Å². The molecule has 0 unspecified atom stereocenters. The summed E-state index contributed by atoms with van der Waals surface area (Å²) >= 11 is 0. The number of aliphatic hydroxyl groups is 1. The van der Waals surface area contributed by atoms with Gasteiger partial charge in [0.05, 0.1) is 12.1 Å². The number of rotatable bonds is 3. The molecule has 1 aromatic rings. The van der Waals surface area contributed by atoms with Crippen molar-refractivity contribution < 1.29 is 5.11 Å². The number of aromatic amines is 2. The van der Waals surface area contributed by atoms with E-state index in [0.717, 1.165) is 25.7 Å². The van der Waals surface area contributed by atoms with Crippen molar-refractivity contribution in [3.63, 3.8) is 0 Å². The molecule has 1 aliphatic carbocycles. The van der Waals surface area contributed by atoms with Crippen LogP contribution in [-0.4, -0.2) is 32.4 Å². The van der Waals surface area contributed by atoms with Gasteiger partial charge in [0.2, 0.25) is 5.82 Å². The van der Waals surface area contributed by atoms with E-state index in [0.29, 0.717) is 0 Å². The maximum absolute atomic E-state index is 11.4. The lowest BCUT2D eigenvalue weighted by Gasteiger charge is -2.27. The van der Waals surface area contributed by atoms with Crippen molar-refractivity contribution in [3.05, 3.63) is 20.8 Å². The first-order valence-corrected chi connectivity index (χ1v) is 5.23. The molecule has 16 heavy (non-hydrogen) atoms. The van der Waals surface area contributed by atoms with Crippen molar-refractivity contribution >= 4 is 5.82 Å². The number of nitrogens with one attached hydrogen (secondary N) is 3. The van der Waals surface area contributed by atoms with Gasteiger partial charge in [-0.2, -0.15) is 0 Å². The van der Waals surface area contributed by atoms with Crippen LogP contribution >= 0.6 is 0 Å². The molecule has 0 aromatic carbocycles. The van der Waals surface area contributed by atoms with Crippen LogP contribution in [0.25, 0.3) is 0 Å². The quantitative estimate of drug-likeness (QED) is 0.538. The SMILES string of the molecule is O=c1[nH]nc(NC2(CO)CCCC2)c(=O)[nH]1. The van der Waals surface area contributed by atoms with Crippen LogP contribution in [-0.2, 0) is 0 Å². The molecule has 1 aromatic heterocycles. The summed E-state index contributed by atoms with van der Waals surface area (Å²) in [5.41, 5.74) is -1.68. The van der Waals surface area contributed by atoms with Crippen LogP contribution in [0.5, 0.6) is 0 Å². The maximum Gasteiger partial charge on any atom is 0.342 e. The molecule has 7 heteroatoms. The highest BCUT2D eigenvalue weighted by Crippen LogP contribution is 2.31. The molecule has 0 aliphatic heterocycles. The van der Waals surface area contributed by atoms with Crippen LogP contribution in [0.1, 0.15) is 25.7 Å². The Labute approximate surface area is 90.9 Å². The van der Waals surface area contributed by atoms with Crippen LogP contribution in [0.3, 0.4) is 0 Å². The summed E-state index contributed by atoms with van der Waals surface area (Å²) in [7, 11) is 0. The second-order valence-corrected chi connectivity index (χ2v) is 4.13. The first-order valence-electron chi connectivity index (χ1n) is 5.23. The normalized spacial score (nSPS) is 18.6. The molecule has 1 saturated carbocycles. The monoisotopic (exact) mass is 226 g/mol. The van der Waals surface area contributed by atoms with Crippen LogP contribution in [0.4, 0.5) is 5.82 Å². The summed E-state index contributed by atoms with van der Waals surface area (Å²) in [5, 5.41) is 18.1. The second kappa shape index (κ2) is 4.09. The third kappa shape index (κ3) is 1.99. The zero-order chi connectivity index (χ0) is 11.6. The predicted octanol–water partition coefficient (Wildman–Crippen LogP) is -0.825. The van der Waals surface area contributed by atoms with E-state index in [4.69, 9.17) is 0 Å². The largest absolute Gasteiger partial charge is 0.394 e. The minimum absolute atomic E-state index is 0.0484. The van der Waals surface area contributed by atoms with E-state index in [1.54, 1.807) is 0 Å². The number of hydrogen-bond acceptors (Lipinski definition) is 5. The van der Waals surface area contributed by atoms with Crippen molar-refractivity contribution in [3.8, 4) is 0 Å². The van der Waals surface area contributed by atoms with Crippen LogP contribution < -0.4 is 16.6 Å². The van der Waals surface area contributed by atoms with Crippen LogP contribution in [0, 0.1) is 0 Å². The summed E-state index contributed by atoms with van der Waals surface area (Å²) in [6.07, 6.45) is 3.61. The van der Waals surface area contributed by atoms with E-state index in [-0.39, 0.29) is 12.4 Å². The van der Waals surface area contributed by atoms with Crippen molar-refractivity contribution in [2.24, 2.45) is 0 Å². The lowest BCUT2D eigenvalue weighted by Crippen LogP contribution is -2.42. The summed E-state index contributed by atoms with van der Waals surface area (Å²) < 4.78 is 0. The van der Waals surface area contributed by atoms with E-state index >= 15 is 0 Å². The number of aliphatic hydroxyl groups excluding tert-OH is 1. The summed E-state index contributed by atoms with van der Waals surface area (Å²) in [5.74, 6) is 0.0514. The smallest absolute Gasteiger partial charge is 0.342 e. The van der Waals surface area contributed by atoms with E-state index in [1.165, 1.54) is 0 Å². The van der Waals surface area contributed by atoms with E-state index < -0.39 is 16.8 Å². The van der Waals surface area contributed by atoms with Gasteiger partial charge in [-0.25, -0.2) is 9.89 Å². The average molecular weight is 226 g/mol. The van der Waals surface area contributed by atoms with E-state index in [2.05, 4.69) is 20.5 Å². The first-order chi connectivity index (χ1) is 7.65. The number of H-pyrrole nitrogens is 2. The lowest BCUT2D eigenvalue weighted by atomic mass is 9.99. The Morgan fingerprint density at radius 1 is 1.38 bits per heavy atom. The maximum atomic E-state index is 11.4. The standard InChI is InChI=1S/C9H14N4O3/c14-5-9(3-1-2-4-9)11-6-7(15)10-8(16)13-12-6/h14H,1-5H2,(H,11,12)(H2,10,13,15,16). The van der Waals surface area contributed by atoms with Gasteiger partial charge in [-0.05, 0) is 12.8 Å². The van der Waals surface area contributed by atoms with Gasteiger partial charge in [-0.3, -0.25) is 9.78 Å². The molecule has 1 heterocycles. The molecule has 0 spiro atoms. The number of hydrogen-bond donors (Lipinski definition) is 4. The number of anilines is 1. The van der Waals surface area contributed by atoms with Crippen LogP contribution in [0.2, 0.25) is 0 Å². The van der Waals surface area contributed by atoms with E-state index in [1.807, 2.05) is 0 Å². The van der Waals surface area contributed by atoms with Gasteiger partial charge in [0.1, 0.15) is 0 Å². The van der Waals surface area contributed by atoms with Gasteiger partial charge >= 0.3 is 5.69 Å². The third-order valence-electron chi connectivity index (χ3n) is 2.96. The van der Waals surface area contributed by atoms with Crippen LogP contribution in [0.15, 0.2) is 9.59 Å². The van der Waals surface area contributed by atoms with Crippen molar-refractivity contribution in [2.75, 3.05) is 11.9 Å². The van der Waals surface area contributed by atoms with Gasteiger partial charge in [-0.15, -0.1) is 5.10 Å². The predicted molar refractivity (Wildman–Crippen MR) is 57.4 cm³/mol. The fourth-order valence-electron chi connectivity index (χ4n) is 2.06. The van der Waals surface area contributed by atoms with Gasteiger partial charge in [0.25, 0.3) is 5.56 Å². The minimum atomic E-state index is -0.639. The number of aromatic nitrogens is 3. The highest BCUT2D eigenvalue weighted by atomic mass is 16.3. The number of nitrogens with zero attached hydrogens (tertiary/aromatic N) is 1. The molecule has 2 rings (SSSR count). The third-order valence-corrected chi connectivity index (χ3v) is 2.96. The summed E-state index contributed by atoms with van der Waals surface area (Å²) in [6.45, 7) is -0.0484. The molecular weight excluding hydrogens is 212 g/mol. The Balaban J connectivity index is 2.26. The Kier molecular flexibility index (Phi) is 2.78. The molecule has 88 valence electrons. The highest BCUT2D eigenvalue weighted by molar-refractivity contribution is 5.34. The Morgan fingerprint density at radius 2 is 2.06 bits per heavy atom. The van der Waals surface area contributed by atoms with Crippen molar-refractivity contribution in [2.45, 2.75) is 31.2 Å². The molecule has 0 saturated heterocycles. The van der Waals surface area contributed by atoms with Gasteiger partial charge in [0, 0.05) is 0 Å². The minimum Gasteiger partial charge on any atom is -0.394 e. The zero-order valence-corrected chi connectivity index (χ0v) is 8.75. The molecule has 7 nitrogen and oxygen atoms in total. The lowest BCUT2D eigenvalue weighted by molar-refractivity contribution is 0.213. The second-order valence-electron chi connectivity index (χ2n) is 4.13. The van der Waals surface area contributed by atoms with Crippen molar-refractivity contribution in [1.82, 2.24) is 15.2 Å². The van der Waals surface area contributed by atoms with Gasteiger partial charge in [0.15, 0.2) is 0 Å². The Bertz CT molecular complexity index is 472. The zero-order valence-electron chi connectivity index (χ0n) is 8.75. The summed E-state index contributed by atoms with van der Waals surface area (Å²) in [4.78, 5) is 24.3. The van der Waals surface area contributed by atoms with Crippen molar-refractivity contribution in [1.29, 1.82) is 0 Å². The average Bonchev–Trinajstić information content (AvgIpc) is 2.72. The molecule has 1 aliphatic rings. The Hall–Kier alpha value is -1.63. The molecular formula is C9H14N4O3. The molecule has 0 amide bonds. The fraction of sp³-hybridized carbons (Fsp3) is 0.667. The first kappa shape index (κ1) is 10.9. The molecule has 4 N–H and O–H groups in total. The van der Waals surface area contributed by atoms with Gasteiger partial charge < -0.3 is 10.4 Å². The Morgan fingerprint density at radius 3 is 2.62 bits per heavy atom. The summed E-state index contributed by atoms with van der Waals surface area (Å²) in [6, 6.07) is 0. The molecule has 0 atom stereocenters. The molecule has 1 fully saturated rings. The molecule has 0 radical (unpaired) electrons. The molecule has 0 bridgehead atoms. The highest BCUT2D eigenvalue weighted by Gasteiger charge is 2.34. The van der Waals surface area contributed by atoms with Gasteiger partial charge in [-0.1, -0.05) is 12.8 Å².